The fourth-order valence-corrected chi connectivity index (χ4v) is 6.41. The lowest BCUT2D eigenvalue weighted by Crippen LogP contribution is -2.37. The second-order valence-electron chi connectivity index (χ2n) is 6.52. The maximum Gasteiger partial charge on any atom is 0.339 e. The third-order valence-electron chi connectivity index (χ3n) is 5.54. The minimum atomic E-state index is -0.553. The molecule has 1 aromatic carbocycles. The quantitative estimate of drug-likeness (QED) is 0.390. The number of hydrogen-bond donors (Lipinski definition) is 0. The van der Waals surface area contributed by atoms with Gasteiger partial charge >= 0.3 is 5.97 Å². The summed E-state index contributed by atoms with van der Waals surface area (Å²) in [7, 11) is 1.28. The van der Waals surface area contributed by atoms with E-state index in [4.69, 9.17) is 4.74 Å². The number of benzene rings is 1. The smallest absolute Gasteiger partial charge is 0.339 e. The standard InChI is InChI=1S/C17H15Br2NO4/c1-24-17(23)7-4-2-3-5-10(7)20-15(21)11-8-6-9(12(11)16(20)22)14(19)13(8)18/h2-5,8-9,11-14H,6H2,1H3/t8-,9-,11-,12-,13+,14+/m1/s1. The van der Waals surface area contributed by atoms with Gasteiger partial charge in [-0.15, -0.1) is 0 Å². The Morgan fingerprint density at radius 2 is 1.62 bits per heavy atom. The van der Waals surface area contributed by atoms with Crippen molar-refractivity contribution in [1.29, 1.82) is 0 Å². The molecule has 3 fully saturated rings. The Labute approximate surface area is 156 Å². The molecule has 24 heavy (non-hydrogen) atoms. The second-order valence-corrected chi connectivity index (χ2v) is 8.64. The van der Waals surface area contributed by atoms with Gasteiger partial charge in [0.2, 0.25) is 11.8 Å². The highest BCUT2D eigenvalue weighted by Crippen LogP contribution is 2.60. The first-order valence-corrected chi connectivity index (χ1v) is 9.63. The summed E-state index contributed by atoms with van der Waals surface area (Å²) in [6.45, 7) is 0. The van der Waals surface area contributed by atoms with Crippen LogP contribution in [-0.2, 0) is 14.3 Å². The lowest BCUT2D eigenvalue weighted by molar-refractivity contribution is -0.123. The number of fused-ring (bicyclic) bond motifs is 5. The van der Waals surface area contributed by atoms with Gasteiger partial charge in [-0.1, -0.05) is 44.0 Å². The van der Waals surface area contributed by atoms with Crippen molar-refractivity contribution in [3.8, 4) is 0 Å². The van der Waals surface area contributed by atoms with Gasteiger partial charge in [-0.2, -0.15) is 0 Å². The maximum atomic E-state index is 13.0. The number of nitrogens with zero attached hydrogens (tertiary/aromatic N) is 1. The van der Waals surface area contributed by atoms with Crippen molar-refractivity contribution in [3.05, 3.63) is 29.8 Å². The van der Waals surface area contributed by atoms with Crippen LogP contribution in [0.25, 0.3) is 0 Å². The predicted octanol–water partition coefficient (Wildman–Crippen LogP) is 2.76. The average Bonchev–Trinajstić information content (AvgIpc) is 3.19. The first-order chi connectivity index (χ1) is 11.5. The normalized spacial score (nSPS) is 37.0. The summed E-state index contributed by atoms with van der Waals surface area (Å²) in [5.74, 6) is -1.25. The van der Waals surface area contributed by atoms with Gasteiger partial charge in [0.05, 0.1) is 30.2 Å². The Hall–Kier alpha value is -1.21. The molecule has 1 aliphatic heterocycles. The monoisotopic (exact) mass is 455 g/mol. The minimum absolute atomic E-state index is 0.149. The summed E-state index contributed by atoms with van der Waals surface area (Å²) < 4.78 is 4.79. The predicted molar refractivity (Wildman–Crippen MR) is 94.3 cm³/mol. The molecule has 7 heteroatoms. The zero-order chi connectivity index (χ0) is 17.2. The largest absolute Gasteiger partial charge is 0.465 e. The summed E-state index contributed by atoms with van der Waals surface area (Å²) in [5, 5.41) is 0. The molecule has 6 atom stereocenters. The molecule has 126 valence electrons. The molecular formula is C17H15Br2NO4. The van der Waals surface area contributed by atoms with Crippen LogP contribution in [0.5, 0.6) is 0 Å². The number of imide groups is 1. The first kappa shape index (κ1) is 16.3. The molecule has 3 aliphatic rings. The molecule has 0 N–H and O–H groups in total. The number of ether oxygens (including phenoxy) is 1. The van der Waals surface area contributed by atoms with Crippen LogP contribution in [0.1, 0.15) is 16.8 Å². The number of amides is 2. The van der Waals surface area contributed by atoms with Crippen LogP contribution in [0.2, 0.25) is 0 Å². The number of carbonyl (C=O) groups is 3. The van der Waals surface area contributed by atoms with Crippen LogP contribution in [-0.4, -0.2) is 34.5 Å². The number of methoxy groups -OCH3 is 1. The Kier molecular flexibility index (Phi) is 3.84. The van der Waals surface area contributed by atoms with Gasteiger partial charge in [0, 0.05) is 9.65 Å². The van der Waals surface area contributed by atoms with Gasteiger partial charge in [0.1, 0.15) is 0 Å². The van der Waals surface area contributed by atoms with Crippen molar-refractivity contribution in [2.45, 2.75) is 16.1 Å². The number of halogens is 2. The van der Waals surface area contributed by atoms with E-state index in [0.717, 1.165) is 6.42 Å². The Morgan fingerprint density at radius 3 is 2.17 bits per heavy atom. The van der Waals surface area contributed by atoms with E-state index in [1.54, 1.807) is 24.3 Å². The highest BCUT2D eigenvalue weighted by Gasteiger charge is 2.66. The Morgan fingerprint density at radius 1 is 1.08 bits per heavy atom. The molecule has 2 aliphatic carbocycles. The molecule has 2 bridgehead atoms. The van der Waals surface area contributed by atoms with E-state index < -0.39 is 5.97 Å². The molecule has 1 heterocycles. The van der Waals surface area contributed by atoms with E-state index in [2.05, 4.69) is 31.9 Å². The van der Waals surface area contributed by atoms with E-state index in [9.17, 15) is 14.4 Å². The van der Waals surface area contributed by atoms with Gasteiger partial charge in [-0.25, -0.2) is 9.69 Å². The van der Waals surface area contributed by atoms with Crippen molar-refractivity contribution < 1.29 is 19.1 Å². The van der Waals surface area contributed by atoms with Crippen LogP contribution < -0.4 is 4.90 Å². The summed E-state index contributed by atoms with van der Waals surface area (Å²) >= 11 is 7.33. The third-order valence-corrected chi connectivity index (χ3v) is 8.74. The van der Waals surface area contributed by atoms with Crippen LogP contribution >= 0.6 is 31.9 Å². The van der Waals surface area contributed by atoms with Gasteiger partial charge in [0.25, 0.3) is 0 Å². The van der Waals surface area contributed by atoms with Crippen LogP contribution in [0, 0.1) is 23.7 Å². The highest BCUT2D eigenvalue weighted by atomic mass is 79.9. The lowest BCUT2D eigenvalue weighted by Gasteiger charge is -2.28. The molecule has 0 aromatic heterocycles. The summed E-state index contributed by atoms with van der Waals surface area (Å²) in [6.07, 6.45) is 0.880. The van der Waals surface area contributed by atoms with Crippen LogP contribution in [0.3, 0.4) is 0 Å². The zero-order valence-corrected chi connectivity index (χ0v) is 16.0. The van der Waals surface area contributed by atoms with Crippen molar-refractivity contribution in [2.24, 2.45) is 23.7 Å². The molecule has 0 radical (unpaired) electrons. The van der Waals surface area contributed by atoms with E-state index >= 15 is 0 Å². The number of hydrogen-bond acceptors (Lipinski definition) is 4. The molecule has 2 saturated carbocycles. The fraction of sp³-hybridized carbons (Fsp3) is 0.471. The SMILES string of the molecule is COC(=O)c1ccccc1N1C(=O)[C@@H]2[C@H]3C[C@@H]([C@H](Br)[C@H]3Br)[C@H]2C1=O. The van der Waals surface area contributed by atoms with Crippen molar-refractivity contribution in [3.63, 3.8) is 0 Å². The van der Waals surface area contributed by atoms with Crippen molar-refractivity contribution in [2.75, 3.05) is 12.0 Å². The zero-order valence-electron chi connectivity index (χ0n) is 12.8. The molecule has 5 nitrogen and oxygen atoms in total. The average molecular weight is 457 g/mol. The molecule has 0 spiro atoms. The Balaban J connectivity index is 1.76. The van der Waals surface area contributed by atoms with Crippen molar-refractivity contribution in [1.82, 2.24) is 0 Å². The Bertz CT molecular complexity index is 720. The third kappa shape index (κ3) is 2.00. The van der Waals surface area contributed by atoms with Gasteiger partial charge in [-0.3, -0.25) is 9.59 Å². The molecule has 4 rings (SSSR count). The van der Waals surface area contributed by atoms with E-state index in [1.807, 2.05) is 0 Å². The van der Waals surface area contributed by atoms with Gasteiger partial charge in [0.15, 0.2) is 0 Å². The van der Waals surface area contributed by atoms with Gasteiger partial charge in [-0.05, 0) is 30.4 Å². The van der Waals surface area contributed by atoms with E-state index in [1.165, 1.54) is 12.0 Å². The van der Waals surface area contributed by atoms with Gasteiger partial charge < -0.3 is 4.74 Å². The molecule has 0 unspecified atom stereocenters. The van der Waals surface area contributed by atoms with Crippen LogP contribution in [0.4, 0.5) is 5.69 Å². The number of rotatable bonds is 2. The summed E-state index contributed by atoms with van der Waals surface area (Å²) in [6, 6.07) is 6.60. The first-order valence-electron chi connectivity index (χ1n) is 7.80. The molecule has 1 aromatic rings. The molecule has 1 saturated heterocycles. The number of carbonyl (C=O) groups excluding carboxylic acids is 3. The maximum absolute atomic E-state index is 13.0. The summed E-state index contributed by atoms with van der Waals surface area (Å²) in [5.41, 5.74) is 0.560. The van der Waals surface area contributed by atoms with E-state index in [0.29, 0.717) is 5.69 Å². The second kappa shape index (κ2) is 5.66. The number of para-hydroxylation sites is 1. The van der Waals surface area contributed by atoms with Crippen LogP contribution in [0.15, 0.2) is 24.3 Å². The topological polar surface area (TPSA) is 63.7 Å². The number of anilines is 1. The van der Waals surface area contributed by atoms with Crippen molar-refractivity contribution >= 4 is 55.3 Å². The highest BCUT2D eigenvalue weighted by molar-refractivity contribution is 9.12. The fourth-order valence-electron chi connectivity index (χ4n) is 4.54. The number of alkyl halides is 2. The lowest BCUT2D eigenvalue weighted by atomic mass is 9.81. The minimum Gasteiger partial charge on any atom is -0.465 e. The number of esters is 1. The van der Waals surface area contributed by atoms with E-state index in [-0.39, 0.29) is 50.7 Å². The summed E-state index contributed by atoms with van der Waals surface area (Å²) in [4.78, 5) is 39.6. The molecular weight excluding hydrogens is 442 g/mol. The molecule has 2 amide bonds.